The molecule has 3 aromatic rings. The first-order valence-corrected chi connectivity index (χ1v) is 10.4. The maximum atomic E-state index is 12.6. The molecule has 1 aromatic carbocycles. The van der Waals surface area contributed by atoms with Crippen LogP contribution in [0.25, 0.3) is 0 Å². The fourth-order valence-electron chi connectivity index (χ4n) is 3.19. The highest BCUT2D eigenvalue weighted by molar-refractivity contribution is 7.09. The second-order valence-corrected chi connectivity index (χ2v) is 7.90. The standard InChI is InChI=1S/C23H25NO4S/c1-16-14-21(17(2)24(16)12-11-20-10-7-13-29-20)22(25)15-27-23(26)18(3)28-19-8-5-4-6-9-19/h4-10,13-14,18H,11-12,15H2,1-3H3. The number of thiophene rings is 1. The molecule has 0 N–H and O–H groups in total. The minimum Gasteiger partial charge on any atom is -0.479 e. The molecule has 0 aliphatic rings. The van der Waals surface area contributed by atoms with Gasteiger partial charge in [0.15, 0.2) is 12.7 Å². The van der Waals surface area contributed by atoms with Crippen LogP contribution in [0.5, 0.6) is 5.75 Å². The van der Waals surface area contributed by atoms with Crippen molar-refractivity contribution < 1.29 is 19.1 Å². The summed E-state index contributed by atoms with van der Waals surface area (Å²) in [5, 5.41) is 2.07. The van der Waals surface area contributed by atoms with E-state index >= 15 is 0 Å². The van der Waals surface area contributed by atoms with Crippen LogP contribution in [0.1, 0.15) is 33.5 Å². The van der Waals surface area contributed by atoms with E-state index in [2.05, 4.69) is 16.0 Å². The Bertz CT molecular complexity index is 960. The summed E-state index contributed by atoms with van der Waals surface area (Å²) in [7, 11) is 0. The monoisotopic (exact) mass is 411 g/mol. The van der Waals surface area contributed by atoms with Crippen molar-refractivity contribution in [1.29, 1.82) is 0 Å². The molecule has 0 fully saturated rings. The topological polar surface area (TPSA) is 57.5 Å². The molecule has 0 saturated heterocycles. The zero-order valence-electron chi connectivity index (χ0n) is 16.9. The molecule has 0 bridgehead atoms. The van der Waals surface area contributed by atoms with Crippen molar-refractivity contribution in [2.45, 2.75) is 39.8 Å². The van der Waals surface area contributed by atoms with Gasteiger partial charge in [-0.15, -0.1) is 11.3 Å². The van der Waals surface area contributed by atoms with Gasteiger partial charge in [0.2, 0.25) is 5.78 Å². The highest BCUT2D eigenvalue weighted by Crippen LogP contribution is 2.18. The lowest BCUT2D eigenvalue weighted by Crippen LogP contribution is -2.28. The number of carbonyl (C=O) groups is 2. The van der Waals surface area contributed by atoms with Gasteiger partial charge >= 0.3 is 5.97 Å². The Morgan fingerprint density at radius 2 is 1.86 bits per heavy atom. The van der Waals surface area contributed by atoms with E-state index in [1.54, 1.807) is 30.4 Å². The van der Waals surface area contributed by atoms with Crippen LogP contribution in [-0.4, -0.2) is 29.0 Å². The van der Waals surface area contributed by atoms with Gasteiger partial charge in [0.05, 0.1) is 0 Å². The van der Waals surface area contributed by atoms with Gasteiger partial charge in [0.1, 0.15) is 5.75 Å². The molecule has 0 spiro atoms. The number of ketones is 1. The van der Waals surface area contributed by atoms with Crippen molar-refractivity contribution in [2.75, 3.05) is 6.61 Å². The number of Topliss-reactive ketones (excluding diaryl/α,β-unsaturated/α-hetero) is 1. The number of hydrogen-bond acceptors (Lipinski definition) is 5. The van der Waals surface area contributed by atoms with E-state index in [-0.39, 0.29) is 12.4 Å². The summed E-state index contributed by atoms with van der Waals surface area (Å²) in [6.07, 6.45) is 0.133. The summed E-state index contributed by atoms with van der Waals surface area (Å²) >= 11 is 1.73. The molecule has 6 heteroatoms. The molecular weight excluding hydrogens is 386 g/mol. The highest BCUT2D eigenvalue weighted by Gasteiger charge is 2.21. The van der Waals surface area contributed by atoms with Crippen molar-refractivity contribution in [1.82, 2.24) is 4.57 Å². The summed E-state index contributed by atoms with van der Waals surface area (Å²) in [5.41, 5.74) is 2.52. The molecule has 3 rings (SSSR count). The van der Waals surface area contributed by atoms with Crippen LogP contribution in [0.15, 0.2) is 53.9 Å². The van der Waals surface area contributed by atoms with Crippen LogP contribution in [0.2, 0.25) is 0 Å². The summed E-state index contributed by atoms with van der Waals surface area (Å²) in [6, 6.07) is 15.1. The van der Waals surface area contributed by atoms with E-state index in [0.29, 0.717) is 11.3 Å². The Labute approximate surface area is 174 Å². The van der Waals surface area contributed by atoms with Gasteiger partial charge in [-0.1, -0.05) is 24.3 Å². The quantitative estimate of drug-likeness (QED) is 0.381. The van der Waals surface area contributed by atoms with Gasteiger partial charge in [-0.3, -0.25) is 4.79 Å². The number of benzene rings is 1. The first-order valence-electron chi connectivity index (χ1n) is 9.56. The lowest BCUT2D eigenvalue weighted by Gasteiger charge is -2.13. The predicted molar refractivity (Wildman–Crippen MR) is 114 cm³/mol. The summed E-state index contributed by atoms with van der Waals surface area (Å²) in [4.78, 5) is 26.1. The van der Waals surface area contributed by atoms with Gasteiger partial charge in [-0.25, -0.2) is 4.79 Å². The zero-order chi connectivity index (χ0) is 20.8. The average molecular weight is 412 g/mol. The third kappa shape index (κ3) is 5.35. The molecule has 0 aliphatic heterocycles. The van der Waals surface area contributed by atoms with Crippen LogP contribution in [0.3, 0.4) is 0 Å². The van der Waals surface area contributed by atoms with Gasteiger partial charge in [-0.05, 0) is 56.8 Å². The van der Waals surface area contributed by atoms with Gasteiger partial charge in [-0.2, -0.15) is 0 Å². The Balaban J connectivity index is 1.56. The number of hydrogen-bond donors (Lipinski definition) is 0. The smallest absolute Gasteiger partial charge is 0.347 e. The number of esters is 1. The number of para-hydroxylation sites is 1. The largest absolute Gasteiger partial charge is 0.479 e. The van der Waals surface area contributed by atoms with Crippen LogP contribution < -0.4 is 4.74 Å². The van der Waals surface area contributed by atoms with Crippen molar-refractivity contribution in [3.8, 4) is 5.75 Å². The first-order chi connectivity index (χ1) is 14.0. The second-order valence-electron chi connectivity index (χ2n) is 6.87. The number of aromatic nitrogens is 1. The molecule has 29 heavy (non-hydrogen) atoms. The first kappa shape index (κ1) is 20.9. The number of carbonyl (C=O) groups excluding carboxylic acids is 2. The molecule has 1 unspecified atom stereocenters. The Kier molecular flexibility index (Phi) is 6.88. The molecular formula is C23H25NO4S. The van der Waals surface area contributed by atoms with Gasteiger partial charge in [0.25, 0.3) is 0 Å². The maximum absolute atomic E-state index is 12.6. The van der Waals surface area contributed by atoms with E-state index in [9.17, 15) is 9.59 Å². The number of nitrogens with zero attached hydrogens (tertiary/aromatic N) is 1. The van der Waals surface area contributed by atoms with E-state index in [4.69, 9.17) is 9.47 Å². The Hall–Kier alpha value is -2.86. The van der Waals surface area contributed by atoms with E-state index in [1.165, 1.54) is 4.88 Å². The molecule has 0 saturated carbocycles. The molecule has 152 valence electrons. The lowest BCUT2D eigenvalue weighted by atomic mass is 10.1. The number of aryl methyl sites for hydroxylation is 2. The molecule has 5 nitrogen and oxygen atoms in total. The van der Waals surface area contributed by atoms with Gasteiger partial charge in [0, 0.05) is 28.4 Å². The lowest BCUT2D eigenvalue weighted by molar-refractivity contribution is -0.149. The average Bonchev–Trinajstić information content (AvgIpc) is 3.33. The summed E-state index contributed by atoms with van der Waals surface area (Å²) < 4.78 is 12.9. The second kappa shape index (κ2) is 9.56. The highest BCUT2D eigenvalue weighted by atomic mass is 32.1. The van der Waals surface area contributed by atoms with Gasteiger partial charge < -0.3 is 14.0 Å². The predicted octanol–water partition coefficient (Wildman–Crippen LogP) is 4.60. The Morgan fingerprint density at radius 1 is 1.10 bits per heavy atom. The van der Waals surface area contributed by atoms with E-state index in [0.717, 1.165) is 24.4 Å². The van der Waals surface area contributed by atoms with Crippen molar-refractivity contribution in [3.63, 3.8) is 0 Å². The van der Waals surface area contributed by atoms with Crippen LogP contribution in [-0.2, 0) is 22.5 Å². The summed E-state index contributed by atoms with van der Waals surface area (Å²) in [6.45, 7) is 6.04. The molecule has 0 amide bonds. The number of ether oxygens (including phenoxy) is 2. The minimum absolute atomic E-state index is 0.208. The van der Waals surface area contributed by atoms with Crippen LogP contribution >= 0.6 is 11.3 Å². The van der Waals surface area contributed by atoms with Crippen LogP contribution in [0.4, 0.5) is 0 Å². The number of rotatable bonds is 9. The third-order valence-corrected chi connectivity index (χ3v) is 5.71. The Morgan fingerprint density at radius 3 is 2.55 bits per heavy atom. The fourth-order valence-corrected chi connectivity index (χ4v) is 3.89. The summed E-state index contributed by atoms with van der Waals surface area (Å²) in [5.74, 6) is -0.188. The molecule has 0 radical (unpaired) electrons. The normalized spacial score (nSPS) is 11.8. The van der Waals surface area contributed by atoms with E-state index in [1.807, 2.05) is 44.2 Å². The fraction of sp³-hybridized carbons (Fsp3) is 0.304. The van der Waals surface area contributed by atoms with Crippen molar-refractivity contribution in [3.05, 3.63) is 75.7 Å². The molecule has 0 aliphatic carbocycles. The zero-order valence-corrected chi connectivity index (χ0v) is 17.7. The van der Waals surface area contributed by atoms with Crippen LogP contribution in [0, 0.1) is 13.8 Å². The SMILES string of the molecule is Cc1cc(C(=O)COC(=O)C(C)Oc2ccccc2)c(C)n1CCc1cccs1. The third-order valence-electron chi connectivity index (χ3n) is 4.77. The van der Waals surface area contributed by atoms with E-state index < -0.39 is 12.1 Å². The minimum atomic E-state index is -0.788. The maximum Gasteiger partial charge on any atom is 0.347 e. The molecule has 2 heterocycles. The molecule has 1 atom stereocenters. The van der Waals surface area contributed by atoms with Crippen molar-refractivity contribution >= 4 is 23.1 Å². The molecule has 2 aromatic heterocycles. The van der Waals surface area contributed by atoms with Crippen molar-refractivity contribution in [2.24, 2.45) is 0 Å².